The van der Waals surface area contributed by atoms with Crippen molar-refractivity contribution in [2.75, 3.05) is 13.1 Å². The number of fused-ring (bicyclic) bond motifs is 1. The van der Waals surface area contributed by atoms with E-state index in [0.717, 1.165) is 30.8 Å². The lowest BCUT2D eigenvalue weighted by Crippen LogP contribution is -2.13. The molecule has 0 N–H and O–H groups in total. The minimum atomic E-state index is -0.355. The van der Waals surface area contributed by atoms with Gasteiger partial charge in [-0.05, 0) is 17.5 Å². The molecule has 2 heterocycles. The van der Waals surface area contributed by atoms with Crippen molar-refractivity contribution in [3.8, 4) is 0 Å². The number of hydrogen-bond donors (Lipinski definition) is 0. The standard InChI is InChI=1S/C18H17N3O2/c22-21(23)15-9-7-14(8-10-15)17-18-16(13-5-2-1-3-6-13)19-11-4-12-20(17)18/h1-3,5-10,17-18H,4,11-12H2/t17-,18-,20?/m0/s1. The first-order valence-corrected chi connectivity index (χ1v) is 7.85. The second-order valence-electron chi connectivity index (χ2n) is 5.96. The normalized spacial score (nSPS) is 25.9. The molecule has 2 aromatic carbocycles. The van der Waals surface area contributed by atoms with Gasteiger partial charge in [0.1, 0.15) is 0 Å². The number of nitro groups is 1. The molecule has 1 fully saturated rings. The summed E-state index contributed by atoms with van der Waals surface area (Å²) >= 11 is 0. The lowest BCUT2D eigenvalue weighted by Gasteiger charge is -2.05. The molecule has 0 radical (unpaired) electrons. The molecule has 1 saturated heterocycles. The number of nitrogens with zero attached hydrogens (tertiary/aromatic N) is 3. The molecule has 5 nitrogen and oxygen atoms in total. The van der Waals surface area contributed by atoms with Crippen LogP contribution in [0.2, 0.25) is 0 Å². The zero-order chi connectivity index (χ0) is 15.8. The second kappa shape index (κ2) is 5.59. The van der Waals surface area contributed by atoms with Gasteiger partial charge in [0.25, 0.3) is 5.69 Å². The van der Waals surface area contributed by atoms with Crippen LogP contribution >= 0.6 is 0 Å². The van der Waals surface area contributed by atoms with Crippen LogP contribution in [0.3, 0.4) is 0 Å². The van der Waals surface area contributed by atoms with Crippen molar-refractivity contribution in [2.45, 2.75) is 18.5 Å². The molecule has 0 aliphatic carbocycles. The molecular formula is C18H17N3O2. The lowest BCUT2D eigenvalue weighted by molar-refractivity contribution is -0.384. The Morgan fingerprint density at radius 1 is 1.04 bits per heavy atom. The van der Waals surface area contributed by atoms with Crippen LogP contribution in [0.25, 0.3) is 0 Å². The highest BCUT2D eigenvalue weighted by Crippen LogP contribution is 2.46. The van der Waals surface area contributed by atoms with Gasteiger partial charge in [-0.25, -0.2) is 0 Å². The second-order valence-corrected chi connectivity index (χ2v) is 5.96. The zero-order valence-electron chi connectivity index (χ0n) is 12.6. The summed E-state index contributed by atoms with van der Waals surface area (Å²) in [6.07, 6.45) is 1.05. The van der Waals surface area contributed by atoms with Crippen LogP contribution in [0.4, 0.5) is 5.69 Å². The molecular weight excluding hydrogens is 290 g/mol. The van der Waals surface area contributed by atoms with E-state index in [-0.39, 0.29) is 16.7 Å². The van der Waals surface area contributed by atoms with Gasteiger partial charge in [-0.2, -0.15) is 0 Å². The van der Waals surface area contributed by atoms with E-state index in [1.165, 1.54) is 5.56 Å². The summed E-state index contributed by atoms with van der Waals surface area (Å²) in [5.41, 5.74) is 3.59. The van der Waals surface area contributed by atoms with Gasteiger partial charge in [0.05, 0.1) is 22.7 Å². The predicted octanol–water partition coefficient (Wildman–Crippen LogP) is 3.21. The van der Waals surface area contributed by atoms with Crippen molar-refractivity contribution in [3.63, 3.8) is 0 Å². The number of benzene rings is 2. The van der Waals surface area contributed by atoms with Crippen molar-refractivity contribution < 1.29 is 4.92 Å². The first kappa shape index (κ1) is 14.1. The highest BCUT2D eigenvalue weighted by molar-refractivity contribution is 6.07. The van der Waals surface area contributed by atoms with E-state index in [2.05, 4.69) is 17.0 Å². The van der Waals surface area contributed by atoms with E-state index in [4.69, 9.17) is 4.99 Å². The van der Waals surface area contributed by atoms with E-state index in [1.54, 1.807) is 12.1 Å². The summed E-state index contributed by atoms with van der Waals surface area (Å²) in [4.78, 5) is 17.7. The molecule has 0 bridgehead atoms. The van der Waals surface area contributed by atoms with Crippen molar-refractivity contribution in [1.82, 2.24) is 4.90 Å². The van der Waals surface area contributed by atoms with Gasteiger partial charge >= 0.3 is 0 Å². The Hall–Kier alpha value is -2.53. The fourth-order valence-corrected chi connectivity index (χ4v) is 3.44. The van der Waals surface area contributed by atoms with Crippen molar-refractivity contribution >= 4 is 11.4 Å². The smallest absolute Gasteiger partial charge is 0.269 e. The van der Waals surface area contributed by atoms with Crippen molar-refractivity contribution in [3.05, 3.63) is 75.8 Å². The van der Waals surface area contributed by atoms with Crippen LogP contribution in [0, 0.1) is 10.1 Å². The molecule has 1 unspecified atom stereocenters. The van der Waals surface area contributed by atoms with Gasteiger partial charge in [0.15, 0.2) is 0 Å². The van der Waals surface area contributed by atoms with Gasteiger partial charge in [-0.3, -0.25) is 20.0 Å². The first-order chi connectivity index (χ1) is 11.3. The van der Waals surface area contributed by atoms with Crippen LogP contribution < -0.4 is 0 Å². The maximum Gasteiger partial charge on any atom is 0.269 e. The highest BCUT2D eigenvalue weighted by Gasteiger charge is 2.51. The van der Waals surface area contributed by atoms with Gasteiger partial charge < -0.3 is 0 Å². The van der Waals surface area contributed by atoms with Gasteiger partial charge in [-0.1, -0.05) is 42.5 Å². The van der Waals surface area contributed by atoms with Crippen LogP contribution in [0.15, 0.2) is 59.6 Å². The predicted molar refractivity (Wildman–Crippen MR) is 88.8 cm³/mol. The van der Waals surface area contributed by atoms with Crippen LogP contribution in [-0.4, -0.2) is 34.7 Å². The fraction of sp³-hybridized carbons (Fsp3) is 0.278. The average molecular weight is 307 g/mol. The number of rotatable bonds is 3. The number of nitro benzene ring substituents is 1. The van der Waals surface area contributed by atoms with Crippen LogP contribution in [0.5, 0.6) is 0 Å². The molecule has 0 spiro atoms. The monoisotopic (exact) mass is 307 g/mol. The minimum Gasteiger partial charge on any atom is -0.287 e. The maximum absolute atomic E-state index is 10.8. The van der Waals surface area contributed by atoms with Gasteiger partial charge in [0.2, 0.25) is 0 Å². The largest absolute Gasteiger partial charge is 0.287 e. The van der Waals surface area contributed by atoms with Gasteiger partial charge in [0, 0.05) is 25.2 Å². The third kappa shape index (κ3) is 2.53. The number of aliphatic imine (C=N–C) groups is 1. The highest BCUT2D eigenvalue weighted by atomic mass is 16.6. The molecule has 0 amide bonds. The Bertz CT molecular complexity index is 756. The average Bonchev–Trinajstić information content (AvgIpc) is 3.31. The van der Waals surface area contributed by atoms with E-state index in [9.17, 15) is 10.1 Å². The minimum absolute atomic E-state index is 0.140. The Kier molecular flexibility index (Phi) is 3.42. The third-order valence-electron chi connectivity index (χ3n) is 4.58. The van der Waals surface area contributed by atoms with Crippen molar-refractivity contribution in [1.29, 1.82) is 0 Å². The number of non-ortho nitro benzene ring substituents is 1. The summed E-state index contributed by atoms with van der Waals surface area (Å²) in [6, 6.07) is 17.8. The van der Waals surface area contributed by atoms with E-state index >= 15 is 0 Å². The first-order valence-electron chi connectivity index (χ1n) is 7.85. The fourth-order valence-electron chi connectivity index (χ4n) is 3.44. The molecule has 2 aromatic rings. The maximum atomic E-state index is 10.8. The third-order valence-corrected chi connectivity index (χ3v) is 4.58. The van der Waals surface area contributed by atoms with E-state index in [0.29, 0.717) is 6.04 Å². The molecule has 2 aliphatic heterocycles. The molecule has 3 atom stereocenters. The molecule has 0 aromatic heterocycles. The molecule has 0 saturated carbocycles. The van der Waals surface area contributed by atoms with E-state index in [1.807, 2.05) is 30.3 Å². The molecule has 23 heavy (non-hydrogen) atoms. The summed E-state index contributed by atoms with van der Waals surface area (Å²) in [5.74, 6) is 0. The Labute approximate surface area is 134 Å². The topological polar surface area (TPSA) is 58.5 Å². The lowest BCUT2D eigenvalue weighted by atomic mass is 10.0. The summed E-state index contributed by atoms with van der Waals surface area (Å²) in [7, 11) is 0. The number of hydrogen-bond acceptors (Lipinski definition) is 4. The molecule has 4 rings (SSSR count). The summed E-state index contributed by atoms with van der Waals surface area (Å²) < 4.78 is 0. The summed E-state index contributed by atoms with van der Waals surface area (Å²) in [5, 5.41) is 10.8. The van der Waals surface area contributed by atoms with Crippen LogP contribution in [0.1, 0.15) is 23.6 Å². The van der Waals surface area contributed by atoms with Gasteiger partial charge in [-0.15, -0.1) is 0 Å². The zero-order valence-corrected chi connectivity index (χ0v) is 12.6. The van der Waals surface area contributed by atoms with E-state index < -0.39 is 0 Å². The van der Waals surface area contributed by atoms with Crippen molar-refractivity contribution in [2.24, 2.45) is 4.99 Å². The Morgan fingerprint density at radius 2 is 1.78 bits per heavy atom. The summed E-state index contributed by atoms with van der Waals surface area (Å²) in [6.45, 7) is 1.89. The molecule has 2 aliphatic rings. The van der Waals surface area contributed by atoms with Crippen LogP contribution in [-0.2, 0) is 0 Å². The Balaban J connectivity index is 1.64. The molecule has 116 valence electrons. The molecule has 5 heteroatoms. The quantitative estimate of drug-likeness (QED) is 0.497. The SMILES string of the molecule is O=[N+]([O-])c1ccc([C@H]2[C@@H]3C(c4ccccc4)=NCCCN32)cc1. The Morgan fingerprint density at radius 3 is 2.48 bits per heavy atom.